The molecule has 65 valence electrons. The van der Waals surface area contributed by atoms with Crippen molar-refractivity contribution in [2.24, 2.45) is 0 Å². The molecule has 0 nitrogen and oxygen atoms in total. The van der Waals surface area contributed by atoms with Crippen molar-refractivity contribution in [1.82, 2.24) is 0 Å². The van der Waals surface area contributed by atoms with Crippen LogP contribution in [-0.4, -0.2) is 13.0 Å². The molecule has 1 radical (unpaired) electrons. The van der Waals surface area contributed by atoms with Gasteiger partial charge in [-0.1, -0.05) is 0 Å². The molecule has 1 heteroatoms. The summed E-state index contributed by atoms with van der Waals surface area (Å²) < 4.78 is 0. The Balaban J connectivity index is 2.14. The summed E-state index contributed by atoms with van der Waals surface area (Å²) in [6.07, 6.45) is 6.21. The minimum absolute atomic E-state index is 0.945. The van der Waals surface area contributed by atoms with Crippen molar-refractivity contribution in [3.05, 3.63) is 53.1 Å². The Labute approximate surface area is 85.0 Å². The molecule has 0 saturated heterocycles. The average molecular weight is 177 g/mol. The minimum atomic E-state index is 0.945. The molecule has 0 amide bonds. The van der Waals surface area contributed by atoms with E-state index in [1.165, 1.54) is 22.3 Å². The molecule has 3 rings (SSSR count). The van der Waals surface area contributed by atoms with E-state index in [1.54, 1.807) is 0 Å². The van der Waals surface area contributed by atoms with Crippen LogP contribution in [0.1, 0.15) is 17.5 Å². The molecule has 14 heavy (non-hydrogen) atoms. The summed E-state index contributed by atoms with van der Waals surface area (Å²) in [4.78, 5) is 0. The number of rotatable bonds is 0. The van der Waals surface area contributed by atoms with Gasteiger partial charge in [-0.15, -0.1) is 0 Å². The van der Waals surface area contributed by atoms with Gasteiger partial charge in [0.2, 0.25) is 0 Å². The molecule has 0 spiro atoms. The second-order valence-electron chi connectivity index (χ2n) is 3.94. The molecular weight excluding hydrogens is 167 g/mol. The van der Waals surface area contributed by atoms with Crippen molar-refractivity contribution in [3.63, 3.8) is 0 Å². The van der Waals surface area contributed by atoms with Crippen molar-refractivity contribution >= 4 is 18.5 Å². The molecule has 0 saturated carbocycles. The van der Waals surface area contributed by atoms with Crippen molar-refractivity contribution < 1.29 is 0 Å². The topological polar surface area (TPSA) is 0 Å². The number of hydrogen-bond donors (Lipinski definition) is 0. The average Bonchev–Trinajstić information content (AvgIpc) is 2.54. The number of hydrogen-bond acceptors (Lipinski definition) is 0. The molecule has 1 aromatic rings. The normalized spacial score (nSPS) is 18.4. The van der Waals surface area contributed by atoms with Crippen molar-refractivity contribution in [1.29, 1.82) is 0 Å². The van der Waals surface area contributed by atoms with E-state index in [1.807, 2.05) is 6.08 Å². The summed E-state index contributed by atoms with van der Waals surface area (Å²) in [5.41, 5.74) is 6.70. The van der Waals surface area contributed by atoms with Crippen LogP contribution in [0.25, 0.3) is 5.57 Å². The van der Waals surface area contributed by atoms with Crippen molar-refractivity contribution in [2.45, 2.75) is 12.8 Å². The number of fused-ring (bicyclic) bond motifs is 2. The van der Waals surface area contributed by atoms with E-state index < -0.39 is 0 Å². The molecule has 0 aliphatic heterocycles. The van der Waals surface area contributed by atoms with Gasteiger partial charge in [0.15, 0.2) is 0 Å². The molecule has 0 atom stereocenters. The zero-order valence-electron chi connectivity index (χ0n) is 7.96. The van der Waals surface area contributed by atoms with Crippen LogP contribution in [0.15, 0.2) is 42.0 Å². The first-order valence-corrected chi connectivity index (χ1v) is 4.94. The predicted molar refractivity (Wildman–Crippen MR) is 61.6 cm³/mol. The van der Waals surface area contributed by atoms with Crippen LogP contribution in [0.3, 0.4) is 0 Å². The van der Waals surface area contributed by atoms with Crippen LogP contribution >= 0.6 is 0 Å². The molecule has 1 aromatic carbocycles. The zero-order chi connectivity index (χ0) is 9.54. The quantitative estimate of drug-likeness (QED) is 0.533. The maximum atomic E-state index is 5.82. The van der Waals surface area contributed by atoms with Crippen molar-refractivity contribution in [2.75, 3.05) is 0 Å². The Morgan fingerprint density at radius 2 is 1.86 bits per heavy atom. The first-order chi connectivity index (χ1) is 6.84. The summed E-state index contributed by atoms with van der Waals surface area (Å²) in [7, 11) is 5.82. The van der Waals surface area contributed by atoms with Gasteiger partial charge >= 0.3 is 84.5 Å². The summed E-state index contributed by atoms with van der Waals surface area (Å²) in [6, 6.07) is 8.61. The SMILES string of the molecule is [B]=C1C=CC2=C(C1)Cc1ccccc12. The third-order valence-electron chi connectivity index (χ3n) is 2.97. The fourth-order valence-electron chi connectivity index (χ4n) is 2.31. The van der Waals surface area contributed by atoms with Gasteiger partial charge in [0.05, 0.1) is 0 Å². The first-order valence-electron chi connectivity index (χ1n) is 4.94. The molecule has 2 aliphatic carbocycles. The van der Waals surface area contributed by atoms with Gasteiger partial charge in [-0.05, 0) is 0 Å². The van der Waals surface area contributed by atoms with E-state index >= 15 is 0 Å². The zero-order valence-corrected chi connectivity index (χ0v) is 7.96. The number of benzene rings is 1. The van der Waals surface area contributed by atoms with Crippen LogP contribution in [0.4, 0.5) is 0 Å². The molecule has 0 heterocycles. The summed E-state index contributed by atoms with van der Waals surface area (Å²) >= 11 is 0. The third kappa shape index (κ3) is 1.05. The fourth-order valence-corrected chi connectivity index (χ4v) is 2.31. The van der Waals surface area contributed by atoms with E-state index in [-0.39, 0.29) is 0 Å². The molecule has 0 aromatic heterocycles. The van der Waals surface area contributed by atoms with Gasteiger partial charge in [-0.2, -0.15) is 0 Å². The first kappa shape index (κ1) is 7.99. The van der Waals surface area contributed by atoms with E-state index in [9.17, 15) is 0 Å². The van der Waals surface area contributed by atoms with Crippen LogP contribution in [0.2, 0.25) is 0 Å². The predicted octanol–water partition coefficient (Wildman–Crippen LogP) is 2.30. The molecule has 0 fully saturated rings. The summed E-state index contributed by atoms with van der Waals surface area (Å²) in [5, 5.41) is 0. The Morgan fingerprint density at radius 1 is 1.00 bits per heavy atom. The molecule has 0 unspecified atom stereocenters. The Bertz CT molecular complexity index is 478. The van der Waals surface area contributed by atoms with E-state index in [0.717, 1.165) is 18.3 Å². The fraction of sp³-hybridized carbons (Fsp3) is 0.154. The number of allylic oxidation sites excluding steroid dienone is 4. The molecule has 0 N–H and O–H groups in total. The summed E-state index contributed by atoms with van der Waals surface area (Å²) in [6.45, 7) is 0. The Hall–Kier alpha value is -1.37. The van der Waals surface area contributed by atoms with Gasteiger partial charge in [-0.3, -0.25) is 0 Å². The monoisotopic (exact) mass is 177 g/mol. The molecule has 0 bridgehead atoms. The second kappa shape index (κ2) is 2.81. The van der Waals surface area contributed by atoms with Gasteiger partial charge < -0.3 is 0 Å². The third-order valence-corrected chi connectivity index (χ3v) is 2.97. The summed E-state index contributed by atoms with van der Waals surface area (Å²) in [5.74, 6) is 0. The van der Waals surface area contributed by atoms with Gasteiger partial charge in [0.25, 0.3) is 0 Å². The molecule has 2 aliphatic rings. The van der Waals surface area contributed by atoms with Crippen LogP contribution < -0.4 is 0 Å². The standard InChI is InChI=1S/C13H10B/c14-11-5-6-13-10(8-11)7-9-3-1-2-4-12(9)13/h1-6H,7-8H2. The maximum absolute atomic E-state index is 5.82. The van der Waals surface area contributed by atoms with Gasteiger partial charge in [0.1, 0.15) is 0 Å². The van der Waals surface area contributed by atoms with Gasteiger partial charge in [-0.25, -0.2) is 0 Å². The van der Waals surface area contributed by atoms with Crippen LogP contribution in [0, 0.1) is 0 Å². The van der Waals surface area contributed by atoms with E-state index in [0.29, 0.717) is 0 Å². The Morgan fingerprint density at radius 3 is 2.79 bits per heavy atom. The Kier molecular flexibility index (Phi) is 1.60. The van der Waals surface area contributed by atoms with E-state index in [4.69, 9.17) is 7.49 Å². The van der Waals surface area contributed by atoms with Crippen LogP contribution in [-0.2, 0) is 6.42 Å². The molecular formula is C13H10B. The second-order valence-corrected chi connectivity index (χ2v) is 3.94. The van der Waals surface area contributed by atoms with Gasteiger partial charge in [0, 0.05) is 0 Å². The van der Waals surface area contributed by atoms with Crippen LogP contribution in [0.5, 0.6) is 0 Å². The van der Waals surface area contributed by atoms with E-state index in [2.05, 4.69) is 30.3 Å². The van der Waals surface area contributed by atoms with Crippen molar-refractivity contribution in [3.8, 4) is 0 Å².